The van der Waals surface area contributed by atoms with Crippen molar-refractivity contribution in [1.82, 2.24) is 9.47 Å². The van der Waals surface area contributed by atoms with Gasteiger partial charge in [0.1, 0.15) is 0 Å². The lowest BCUT2D eigenvalue weighted by Gasteiger charge is -2.09. The van der Waals surface area contributed by atoms with Gasteiger partial charge in [0.25, 0.3) is 0 Å². The third-order valence-electron chi connectivity index (χ3n) is 3.11. The minimum Gasteiger partial charge on any atom is -0.345 e. The number of aryl methyl sites for hydroxylation is 1. The van der Waals surface area contributed by atoms with E-state index in [4.69, 9.17) is 0 Å². The summed E-state index contributed by atoms with van der Waals surface area (Å²) in [6, 6.07) is 7.24. The minimum atomic E-state index is 0.510. The lowest BCUT2D eigenvalue weighted by atomic mass is 10.1. The molecule has 0 amide bonds. The van der Waals surface area contributed by atoms with E-state index in [1.165, 1.54) is 22.0 Å². The van der Waals surface area contributed by atoms with Crippen LogP contribution in [0.1, 0.15) is 31.0 Å². The molecule has 2 heteroatoms. The third-order valence-corrected chi connectivity index (χ3v) is 3.11. The molecule has 0 unspecified atom stereocenters. The van der Waals surface area contributed by atoms with Crippen LogP contribution in [0.5, 0.6) is 0 Å². The Morgan fingerprint density at radius 2 is 1.94 bits per heavy atom. The number of hydrogen-bond donors (Lipinski definition) is 0. The SMILES string of the molecule is Cc1ccc2c(c1)c(CN(C)C)cn2C(C)C. The highest BCUT2D eigenvalue weighted by atomic mass is 15.1. The van der Waals surface area contributed by atoms with Crippen LogP contribution in [0.2, 0.25) is 0 Å². The molecule has 2 nitrogen and oxygen atoms in total. The Balaban J connectivity index is 2.62. The molecule has 2 rings (SSSR count). The number of nitrogens with zero attached hydrogens (tertiary/aromatic N) is 2. The molecule has 0 fully saturated rings. The quantitative estimate of drug-likeness (QED) is 0.782. The molecule has 0 N–H and O–H groups in total. The first kappa shape index (κ1) is 12.2. The number of aromatic nitrogens is 1. The molecule has 1 aromatic heterocycles. The lowest BCUT2D eigenvalue weighted by molar-refractivity contribution is 0.403. The second kappa shape index (κ2) is 4.53. The highest BCUT2D eigenvalue weighted by Gasteiger charge is 2.10. The first-order valence-electron chi connectivity index (χ1n) is 6.24. The van der Waals surface area contributed by atoms with E-state index in [2.05, 4.69) is 68.7 Å². The zero-order valence-electron chi connectivity index (χ0n) is 11.5. The molecule has 92 valence electrons. The van der Waals surface area contributed by atoms with Gasteiger partial charge in [-0.25, -0.2) is 0 Å². The van der Waals surface area contributed by atoms with Crippen LogP contribution in [0.15, 0.2) is 24.4 Å². The van der Waals surface area contributed by atoms with Crippen LogP contribution in [-0.2, 0) is 6.54 Å². The molecule has 0 aliphatic carbocycles. The van der Waals surface area contributed by atoms with Gasteiger partial charge in [-0.3, -0.25) is 0 Å². The number of benzene rings is 1. The zero-order valence-corrected chi connectivity index (χ0v) is 11.5. The van der Waals surface area contributed by atoms with Crippen LogP contribution in [0.25, 0.3) is 10.9 Å². The fourth-order valence-corrected chi connectivity index (χ4v) is 2.33. The number of hydrogen-bond acceptors (Lipinski definition) is 1. The average molecular weight is 230 g/mol. The van der Waals surface area contributed by atoms with Crippen LogP contribution in [-0.4, -0.2) is 23.6 Å². The summed E-state index contributed by atoms with van der Waals surface area (Å²) in [5, 5.41) is 1.40. The van der Waals surface area contributed by atoms with Crippen molar-refractivity contribution in [3.8, 4) is 0 Å². The normalized spacial score (nSPS) is 11.9. The lowest BCUT2D eigenvalue weighted by Crippen LogP contribution is -2.10. The van der Waals surface area contributed by atoms with Gasteiger partial charge in [-0.15, -0.1) is 0 Å². The first-order valence-corrected chi connectivity index (χ1v) is 6.24. The predicted octanol–water partition coefficient (Wildman–Crippen LogP) is 3.59. The topological polar surface area (TPSA) is 8.17 Å². The zero-order chi connectivity index (χ0) is 12.6. The van der Waals surface area contributed by atoms with Gasteiger partial charge in [-0.05, 0) is 52.6 Å². The summed E-state index contributed by atoms with van der Waals surface area (Å²) < 4.78 is 2.37. The van der Waals surface area contributed by atoms with E-state index in [0.29, 0.717) is 6.04 Å². The standard InChI is InChI=1S/C15H22N2/c1-11(2)17-10-13(9-16(4)5)14-8-12(3)6-7-15(14)17/h6-8,10-11H,9H2,1-5H3. The highest BCUT2D eigenvalue weighted by molar-refractivity contribution is 5.84. The molecule has 2 aromatic rings. The van der Waals surface area contributed by atoms with Gasteiger partial charge in [0, 0.05) is 29.7 Å². The van der Waals surface area contributed by atoms with Crippen molar-refractivity contribution in [3.63, 3.8) is 0 Å². The second-order valence-corrected chi connectivity index (χ2v) is 5.41. The van der Waals surface area contributed by atoms with E-state index in [1.54, 1.807) is 0 Å². The van der Waals surface area contributed by atoms with Gasteiger partial charge in [-0.2, -0.15) is 0 Å². The van der Waals surface area contributed by atoms with Gasteiger partial charge in [0.15, 0.2) is 0 Å². The number of rotatable bonds is 3. The van der Waals surface area contributed by atoms with Crippen LogP contribution in [0, 0.1) is 6.92 Å². The number of fused-ring (bicyclic) bond motifs is 1. The smallest absolute Gasteiger partial charge is 0.0486 e. The van der Waals surface area contributed by atoms with Gasteiger partial charge in [0.2, 0.25) is 0 Å². The van der Waals surface area contributed by atoms with Gasteiger partial charge in [0.05, 0.1) is 0 Å². The van der Waals surface area contributed by atoms with E-state index in [9.17, 15) is 0 Å². The Hall–Kier alpha value is -1.28. The van der Waals surface area contributed by atoms with Crippen molar-refractivity contribution in [3.05, 3.63) is 35.5 Å². The van der Waals surface area contributed by atoms with Crippen LogP contribution in [0.4, 0.5) is 0 Å². The third kappa shape index (κ3) is 2.37. The van der Waals surface area contributed by atoms with Crippen molar-refractivity contribution >= 4 is 10.9 Å². The van der Waals surface area contributed by atoms with Crippen LogP contribution < -0.4 is 0 Å². The van der Waals surface area contributed by atoms with E-state index >= 15 is 0 Å². The van der Waals surface area contributed by atoms with Gasteiger partial charge < -0.3 is 9.47 Å². The highest BCUT2D eigenvalue weighted by Crippen LogP contribution is 2.26. The van der Waals surface area contributed by atoms with Crippen LogP contribution in [0.3, 0.4) is 0 Å². The maximum absolute atomic E-state index is 2.37. The monoisotopic (exact) mass is 230 g/mol. The fraction of sp³-hybridized carbons (Fsp3) is 0.467. The summed E-state index contributed by atoms with van der Waals surface area (Å²) in [7, 11) is 4.24. The molecule has 0 aliphatic heterocycles. The maximum Gasteiger partial charge on any atom is 0.0486 e. The summed E-state index contributed by atoms with van der Waals surface area (Å²) >= 11 is 0. The summed E-state index contributed by atoms with van der Waals surface area (Å²) in [6.45, 7) is 7.63. The van der Waals surface area contributed by atoms with Crippen molar-refractivity contribution in [1.29, 1.82) is 0 Å². The Bertz CT molecular complexity index is 521. The van der Waals surface area contributed by atoms with Gasteiger partial charge >= 0.3 is 0 Å². The molecule has 0 aliphatic rings. The van der Waals surface area contributed by atoms with Crippen molar-refractivity contribution in [2.45, 2.75) is 33.4 Å². The fourth-order valence-electron chi connectivity index (χ4n) is 2.33. The maximum atomic E-state index is 2.37. The summed E-state index contributed by atoms with van der Waals surface area (Å²) in [6.07, 6.45) is 2.30. The Kier molecular flexibility index (Phi) is 3.25. The molecule has 0 saturated carbocycles. The molecular weight excluding hydrogens is 208 g/mol. The Labute approximate surface area is 104 Å². The molecule has 0 atom stereocenters. The minimum absolute atomic E-state index is 0.510. The summed E-state index contributed by atoms with van der Waals surface area (Å²) in [4.78, 5) is 2.22. The predicted molar refractivity (Wildman–Crippen MR) is 74.5 cm³/mol. The Morgan fingerprint density at radius 1 is 1.24 bits per heavy atom. The van der Waals surface area contributed by atoms with Crippen molar-refractivity contribution < 1.29 is 0 Å². The molecule has 0 bridgehead atoms. The molecule has 17 heavy (non-hydrogen) atoms. The summed E-state index contributed by atoms with van der Waals surface area (Å²) in [5.41, 5.74) is 4.10. The van der Waals surface area contributed by atoms with Gasteiger partial charge in [-0.1, -0.05) is 11.6 Å². The average Bonchev–Trinajstić information content (AvgIpc) is 2.56. The molecular formula is C15H22N2. The molecule has 0 saturated heterocycles. The van der Waals surface area contributed by atoms with Crippen molar-refractivity contribution in [2.24, 2.45) is 0 Å². The molecule has 1 aromatic carbocycles. The van der Waals surface area contributed by atoms with Crippen LogP contribution >= 0.6 is 0 Å². The van der Waals surface area contributed by atoms with E-state index in [1.807, 2.05) is 0 Å². The first-order chi connectivity index (χ1) is 7.99. The Morgan fingerprint density at radius 3 is 2.53 bits per heavy atom. The molecule has 0 radical (unpaired) electrons. The molecule has 1 heterocycles. The van der Waals surface area contributed by atoms with Crippen molar-refractivity contribution in [2.75, 3.05) is 14.1 Å². The van der Waals surface area contributed by atoms with E-state index in [0.717, 1.165) is 6.54 Å². The molecule has 0 spiro atoms. The summed E-state index contributed by atoms with van der Waals surface area (Å²) in [5.74, 6) is 0. The van der Waals surface area contributed by atoms with E-state index in [-0.39, 0.29) is 0 Å². The second-order valence-electron chi connectivity index (χ2n) is 5.41. The largest absolute Gasteiger partial charge is 0.345 e. The van der Waals surface area contributed by atoms with E-state index < -0.39 is 0 Å².